The van der Waals surface area contributed by atoms with Crippen molar-refractivity contribution < 1.29 is 19.1 Å². The van der Waals surface area contributed by atoms with E-state index in [-0.39, 0.29) is 17.4 Å². The van der Waals surface area contributed by atoms with E-state index in [2.05, 4.69) is 15.5 Å². The second-order valence-electron chi connectivity index (χ2n) is 5.71. The Hall–Kier alpha value is -3.49. The van der Waals surface area contributed by atoms with Crippen molar-refractivity contribution in [1.82, 2.24) is 19.6 Å². The molecule has 0 aliphatic rings. The maximum atomic E-state index is 13.2. The highest BCUT2D eigenvalue weighted by atomic mass is 19.1. The minimum absolute atomic E-state index is 0.132. The highest BCUT2D eigenvalue weighted by Crippen LogP contribution is 2.13. The topological polar surface area (TPSA) is 102 Å². The summed E-state index contributed by atoms with van der Waals surface area (Å²) in [5.41, 5.74) is 1.09. The third-order valence-corrected chi connectivity index (χ3v) is 3.74. The smallest absolute Gasteiger partial charge is 0.356 e. The summed E-state index contributed by atoms with van der Waals surface area (Å²) >= 11 is 0. The van der Waals surface area contributed by atoms with Crippen LogP contribution in [-0.2, 0) is 11.3 Å². The summed E-state index contributed by atoms with van der Waals surface area (Å²) in [6, 6.07) is 6.80. The number of carboxylic acid groups (broad SMARTS) is 1. The molecule has 1 aromatic carbocycles. The maximum Gasteiger partial charge on any atom is 0.356 e. The normalized spacial score (nSPS) is 11.9. The lowest BCUT2D eigenvalue weighted by Crippen LogP contribution is -2.24. The lowest BCUT2D eigenvalue weighted by molar-refractivity contribution is -0.119. The highest BCUT2D eigenvalue weighted by Gasteiger charge is 2.18. The van der Waals surface area contributed by atoms with Gasteiger partial charge < -0.3 is 10.4 Å². The SMILES string of the molecule is CC(C(=O)Nc1cnn(Cc2cccc(F)c2)c1)n1ccc(C(=O)O)n1. The van der Waals surface area contributed by atoms with Gasteiger partial charge in [-0.2, -0.15) is 10.2 Å². The Labute approximate surface area is 147 Å². The molecule has 1 amide bonds. The molecule has 3 rings (SSSR count). The predicted molar refractivity (Wildman–Crippen MR) is 90.3 cm³/mol. The summed E-state index contributed by atoms with van der Waals surface area (Å²) in [7, 11) is 0. The lowest BCUT2D eigenvalue weighted by atomic mass is 10.2. The van der Waals surface area contributed by atoms with Crippen LogP contribution in [0.3, 0.4) is 0 Å². The molecule has 134 valence electrons. The Morgan fingerprint density at radius 2 is 2.15 bits per heavy atom. The molecule has 0 bridgehead atoms. The molecule has 0 saturated carbocycles. The van der Waals surface area contributed by atoms with Gasteiger partial charge in [-0.3, -0.25) is 14.2 Å². The first kappa shape index (κ1) is 17.3. The van der Waals surface area contributed by atoms with Gasteiger partial charge in [0.2, 0.25) is 5.91 Å². The van der Waals surface area contributed by atoms with Gasteiger partial charge in [-0.05, 0) is 30.7 Å². The standard InChI is InChI=1S/C17H16FN5O3/c1-11(23-6-5-15(21-23)17(25)26)16(24)20-14-8-19-22(10-14)9-12-3-2-4-13(18)7-12/h2-8,10-11H,9H2,1H3,(H,20,24)(H,25,26). The molecule has 0 aliphatic heterocycles. The fraction of sp³-hybridized carbons (Fsp3) is 0.176. The van der Waals surface area contributed by atoms with Crippen molar-refractivity contribution in [3.63, 3.8) is 0 Å². The molecule has 0 aliphatic carbocycles. The summed E-state index contributed by atoms with van der Waals surface area (Å²) in [6.07, 6.45) is 4.54. The number of carbonyl (C=O) groups is 2. The van der Waals surface area contributed by atoms with Crippen LogP contribution < -0.4 is 5.32 Å². The molecule has 9 heteroatoms. The average molecular weight is 357 g/mol. The number of nitrogens with one attached hydrogen (secondary N) is 1. The van der Waals surface area contributed by atoms with Crippen molar-refractivity contribution in [2.24, 2.45) is 0 Å². The molecule has 0 spiro atoms. The molecule has 0 saturated heterocycles. The van der Waals surface area contributed by atoms with E-state index in [4.69, 9.17) is 5.11 Å². The van der Waals surface area contributed by atoms with E-state index >= 15 is 0 Å². The summed E-state index contributed by atoms with van der Waals surface area (Å²) in [5, 5.41) is 19.6. The third-order valence-electron chi connectivity index (χ3n) is 3.74. The van der Waals surface area contributed by atoms with Crippen LogP contribution >= 0.6 is 0 Å². The molecule has 1 unspecified atom stereocenters. The second-order valence-corrected chi connectivity index (χ2v) is 5.71. The molecule has 8 nitrogen and oxygen atoms in total. The summed E-state index contributed by atoms with van der Waals surface area (Å²) in [5.74, 6) is -1.85. The molecule has 2 heterocycles. The molecule has 26 heavy (non-hydrogen) atoms. The number of aromatic carboxylic acids is 1. The van der Waals surface area contributed by atoms with E-state index in [0.29, 0.717) is 12.2 Å². The van der Waals surface area contributed by atoms with E-state index < -0.39 is 12.0 Å². The van der Waals surface area contributed by atoms with Crippen LogP contribution in [-0.4, -0.2) is 36.5 Å². The number of benzene rings is 1. The number of aromatic nitrogens is 4. The zero-order chi connectivity index (χ0) is 18.7. The zero-order valence-corrected chi connectivity index (χ0v) is 13.8. The van der Waals surface area contributed by atoms with E-state index in [0.717, 1.165) is 5.56 Å². The van der Waals surface area contributed by atoms with Crippen LogP contribution in [0.2, 0.25) is 0 Å². The molecule has 3 aromatic rings. The number of amides is 1. The molecule has 2 aromatic heterocycles. The molecular formula is C17H16FN5O3. The number of nitrogens with zero attached hydrogens (tertiary/aromatic N) is 4. The zero-order valence-electron chi connectivity index (χ0n) is 13.8. The molecule has 2 N–H and O–H groups in total. The van der Waals surface area contributed by atoms with E-state index in [1.807, 2.05) is 0 Å². The van der Waals surface area contributed by atoms with Crippen molar-refractivity contribution >= 4 is 17.6 Å². The van der Waals surface area contributed by atoms with Crippen molar-refractivity contribution in [3.8, 4) is 0 Å². The van der Waals surface area contributed by atoms with E-state index in [9.17, 15) is 14.0 Å². The van der Waals surface area contributed by atoms with Gasteiger partial charge in [0.15, 0.2) is 5.69 Å². The lowest BCUT2D eigenvalue weighted by Gasteiger charge is -2.11. The molecular weight excluding hydrogens is 341 g/mol. The van der Waals surface area contributed by atoms with Gasteiger partial charge in [-0.15, -0.1) is 0 Å². The van der Waals surface area contributed by atoms with Gasteiger partial charge in [0.25, 0.3) is 0 Å². The quantitative estimate of drug-likeness (QED) is 0.704. The van der Waals surface area contributed by atoms with Crippen molar-refractivity contribution in [2.75, 3.05) is 5.32 Å². The summed E-state index contributed by atoms with van der Waals surface area (Å²) in [6.45, 7) is 1.97. The third kappa shape index (κ3) is 3.94. The number of hydrogen-bond acceptors (Lipinski definition) is 4. The first-order valence-electron chi connectivity index (χ1n) is 7.78. The van der Waals surface area contributed by atoms with Crippen LogP contribution in [0.5, 0.6) is 0 Å². The number of halogens is 1. The number of hydrogen-bond donors (Lipinski definition) is 2. The maximum absolute atomic E-state index is 13.2. The average Bonchev–Trinajstić information content (AvgIpc) is 3.24. The first-order chi connectivity index (χ1) is 12.4. The van der Waals surface area contributed by atoms with Crippen molar-refractivity contribution in [2.45, 2.75) is 19.5 Å². The molecule has 1 atom stereocenters. The van der Waals surface area contributed by atoms with Gasteiger partial charge in [-0.1, -0.05) is 12.1 Å². The second kappa shape index (κ2) is 7.18. The summed E-state index contributed by atoms with van der Waals surface area (Å²) in [4.78, 5) is 23.2. The number of carboxylic acids is 1. The van der Waals surface area contributed by atoms with Crippen LogP contribution in [0.4, 0.5) is 10.1 Å². The highest BCUT2D eigenvalue weighted by molar-refractivity contribution is 5.93. The Kier molecular flexibility index (Phi) is 4.78. The van der Waals surface area contributed by atoms with Gasteiger partial charge >= 0.3 is 5.97 Å². The number of rotatable bonds is 6. The Morgan fingerprint density at radius 3 is 2.85 bits per heavy atom. The number of anilines is 1. The molecule has 0 fully saturated rings. The Morgan fingerprint density at radius 1 is 1.35 bits per heavy atom. The molecule has 0 radical (unpaired) electrons. The van der Waals surface area contributed by atoms with Gasteiger partial charge in [0.1, 0.15) is 11.9 Å². The largest absolute Gasteiger partial charge is 0.476 e. The van der Waals surface area contributed by atoms with Crippen LogP contribution in [0.25, 0.3) is 0 Å². The fourth-order valence-corrected chi connectivity index (χ4v) is 2.37. The number of carbonyl (C=O) groups excluding carboxylic acids is 1. The fourth-order valence-electron chi connectivity index (χ4n) is 2.37. The van der Waals surface area contributed by atoms with Crippen LogP contribution in [0.1, 0.15) is 29.0 Å². The van der Waals surface area contributed by atoms with Gasteiger partial charge in [-0.25, -0.2) is 9.18 Å². The van der Waals surface area contributed by atoms with Crippen molar-refractivity contribution in [1.29, 1.82) is 0 Å². The summed E-state index contributed by atoms with van der Waals surface area (Å²) < 4.78 is 16.1. The minimum Gasteiger partial charge on any atom is -0.476 e. The van der Waals surface area contributed by atoms with E-state index in [1.165, 1.54) is 35.3 Å². The van der Waals surface area contributed by atoms with Crippen LogP contribution in [0, 0.1) is 5.82 Å². The van der Waals surface area contributed by atoms with Gasteiger partial charge in [0, 0.05) is 12.4 Å². The Bertz CT molecular complexity index is 949. The predicted octanol–water partition coefficient (Wildman–Crippen LogP) is 2.16. The van der Waals surface area contributed by atoms with Gasteiger partial charge in [0.05, 0.1) is 18.4 Å². The van der Waals surface area contributed by atoms with E-state index in [1.54, 1.807) is 29.9 Å². The van der Waals surface area contributed by atoms with Crippen molar-refractivity contribution in [3.05, 3.63) is 66.0 Å². The monoisotopic (exact) mass is 357 g/mol. The minimum atomic E-state index is -1.16. The Balaban J connectivity index is 1.64. The van der Waals surface area contributed by atoms with Crippen LogP contribution in [0.15, 0.2) is 48.9 Å². The first-order valence-corrected chi connectivity index (χ1v) is 7.78.